The van der Waals surface area contributed by atoms with E-state index in [1.165, 1.54) is 14.0 Å². The third kappa shape index (κ3) is 7.34. The number of carbonyl (C=O) groups excluding carboxylic acids is 2. The van der Waals surface area contributed by atoms with Crippen LogP contribution in [0.5, 0.6) is 17.2 Å². The monoisotopic (exact) mass is 397 g/mol. The predicted octanol–water partition coefficient (Wildman–Crippen LogP) is 2.87. The number of hydrogen-bond acceptors (Lipinski definition) is 5. The summed E-state index contributed by atoms with van der Waals surface area (Å²) in [6, 6.07) is 11.7. The number of methoxy groups -OCH3 is 2. The summed E-state index contributed by atoms with van der Waals surface area (Å²) in [6.07, 6.45) is 0. The zero-order chi connectivity index (χ0) is 21.1. The topological polar surface area (TPSA) is 97.9 Å². The molecule has 0 spiro atoms. The summed E-state index contributed by atoms with van der Waals surface area (Å²) in [6.45, 7) is 1.74. The Bertz CT molecular complexity index is 918. The van der Waals surface area contributed by atoms with Gasteiger partial charge >= 0.3 is 6.03 Å². The molecule has 152 valence electrons. The molecule has 0 aliphatic carbocycles. The highest BCUT2D eigenvalue weighted by Crippen LogP contribution is 2.28. The van der Waals surface area contributed by atoms with Crippen LogP contribution in [0.3, 0.4) is 0 Å². The van der Waals surface area contributed by atoms with Crippen molar-refractivity contribution in [3.8, 4) is 29.1 Å². The van der Waals surface area contributed by atoms with Gasteiger partial charge in [-0.3, -0.25) is 4.79 Å². The fraction of sp³-hybridized carbons (Fsp3) is 0.238. The molecular formula is C21H23N3O5. The van der Waals surface area contributed by atoms with Crippen LogP contribution in [0.25, 0.3) is 0 Å². The number of anilines is 2. The van der Waals surface area contributed by atoms with E-state index in [4.69, 9.17) is 14.2 Å². The number of benzene rings is 2. The molecule has 0 atom stereocenters. The lowest BCUT2D eigenvalue weighted by atomic mass is 10.2. The normalized spacial score (nSPS) is 9.48. The number of urea groups is 1. The zero-order valence-corrected chi connectivity index (χ0v) is 16.5. The molecule has 0 aromatic heterocycles. The summed E-state index contributed by atoms with van der Waals surface area (Å²) in [7, 11) is 3.06. The van der Waals surface area contributed by atoms with Crippen molar-refractivity contribution >= 4 is 23.3 Å². The van der Waals surface area contributed by atoms with Gasteiger partial charge in [0.25, 0.3) is 0 Å². The van der Waals surface area contributed by atoms with Crippen LogP contribution >= 0.6 is 0 Å². The molecule has 0 radical (unpaired) electrons. The first-order valence-electron chi connectivity index (χ1n) is 8.75. The van der Waals surface area contributed by atoms with Crippen LogP contribution in [0.1, 0.15) is 6.92 Å². The summed E-state index contributed by atoms with van der Waals surface area (Å²) in [5.74, 6) is 7.15. The Hall–Kier alpha value is -3.86. The Morgan fingerprint density at radius 2 is 1.79 bits per heavy atom. The van der Waals surface area contributed by atoms with E-state index in [1.54, 1.807) is 49.6 Å². The van der Waals surface area contributed by atoms with Gasteiger partial charge in [-0.1, -0.05) is 17.9 Å². The van der Waals surface area contributed by atoms with Gasteiger partial charge in [0.1, 0.15) is 23.9 Å². The largest absolute Gasteiger partial charge is 0.497 e. The molecule has 8 heteroatoms. The Kier molecular flexibility index (Phi) is 8.20. The number of carbonyl (C=O) groups is 2. The van der Waals surface area contributed by atoms with Gasteiger partial charge in [-0.05, 0) is 24.3 Å². The number of nitrogens with one attached hydrogen (secondary N) is 3. The SMILES string of the molecule is COc1ccc(NC(=O)NCC#CCOc2cccc(NC(C)=O)c2)c(OC)c1. The second-order valence-electron chi connectivity index (χ2n) is 5.73. The highest BCUT2D eigenvalue weighted by atomic mass is 16.5. The number of hydrogen-bond donors (Lipinski definition) is 3. The second-order valence-corrected chi connectivity index (χ2v) is 5.73. The number of amides is 3. The smallest absolute Gasteiger partial charge is 0.320 e. The summed E-state index contributed by atoms with van der Waals surface area (Å²) in [5, 5.41) is 7.99. The van der Waals surface area contributed by atoms with Crippen LogP contribution < -0.4 is 30.2 Å². The predicted molar refractivity (Wildman–Crippen MR) is 111 cm³/mol. The summed E-state index contributed by atoms with van der Waals surface area (Å²) in [5.41, 5.74) is 1.16. The zero-order valence-electron chi connectivity index (χ0n) is 16.5. The van der Waals surface area contributed by atoms with Gasteiger partial charge in [0.05, 0.1) is 26.5 Å². The van der Waals surface area contributed by atoms with Gasteiger partial charge in [0, 0.05) is 24.7 Å². The third-order valence-electron chi connectivity index (χ3n) is 3.58. The van der Waals surface area contributed by atoms with Crippen molar-refractivity contribution in [1.82, 2.24) is 5.32 Å². The molecule has 0 aliphatic rings. The molecule has 3 amide bonds. The molecule has 0 fully saturated rings. The maximum Gasteiger partial charge on any atom is 0.320 e. The van der Waals surface area contributed by atoms with Gasteiger partial charge in [-0.2, -0.15) is 0 Å². The molecule has 0 aliphatic heterocycles. The van der Waals surface area contributed by atoms with Crippen LogP contribution in [0.15, 0.2) is 42.5 Å². The van der Waals surface area contributed by atoms with Crippen LogP contribution in [0.4, 0.5) is 16.2 Å². The van der Waals surface area contributed by atoms with Gasteiger partial charge in [-0.25, -0.2) is 4.79 Å². The van der Waals surface area contributed by atoms with E-state index in [0.717, 1.165) is 0 Å². The molecule has 0 saturated carbocycles. The van der Waals surface area contributed by atoms with E-state index in [1.807, 2.05) is 0 Å². The Balaban J connectivity index is 1.76. The first kappa shape index (κ1) is 21.4. The molecule has 0 bridgehead atoms. The highest BCUT2D eigenvalue weighted by Gasteiger charge is 2.08. The van der Waals surface area contributed by atoms with Gasteiger partial charge in [-0.15, -0.1) is 0 Å². The Morgan fingerprint density at radius 3 is 2.52 bits per heavy atom. The molecule has 0 heterocycles. The third-order valence-corrected chi connectivity index (χ3v) is 3.58. The maximum atomic E-state index is 12.0. The van der Waals surface area contributed by atoms with Crippen molar-refractivity contribution in [2.24, 2.45) is 0 Å². The molecule has 29 heavy (non-hydrogen) atoms. The van der Waals surface area contributed by atoms with Crippen molar-refractivity contribution in [3.63, 3.8) is 0 Å². The van der Waals surface area contributed by atoms with Crippen molar-refractivity contribution in [2.45, 2.75) is 6.92 Å². The number of rotatable bonds is 7. The first-order valence-corrected chi connectivity index (χ1v) is 8.75. The van der Waals surface area contributed by atoms with E-state index in [2.05, 4.69) is 27.8 Å². The lowest BCUT2D eigenvalue weighted by molar-refractivity contribution is -0.114. The van der Waals surface area contributed by atoms with Gasteiger partial charge in [0.2, 0.25) is 5.91 Å². The Morgan fingerprint density at radius 1 is 0.966 bits per heavy atom. The van der Waals surface area contributed by atoms with E-state index in [9.17, 15) is 9.59 Å². The van der Waals surface area contributed by atoms with Crippen molar-refractivity contribution in [2.75, 3.05) is 38.0 Å². The van der Waals surface area contributed by atoms with E-state index >= 15 is 0 Å². The Labute approximate surface area is 169 Å². The van der Waals surface area contributed by atoms with Crippen molar-refractivity contribution in [3.05, 3.63) is 42.5 Å². The lowest BCUT2D eigenvalue weighted by Gasteiger charge is -2.11. The minimum absolute atomic E-state index is 0.152. The maximum absolute atomic E-state index is 12.0. The van der Waals surface area contributed by atoms with E-state index in [0.29, 0.717) is 28.6 Å². The fourth-order valence-electron chi connectivity index (χ4n) is 2.29. The average molecular weight is 397 g/mol. The summed E-state index contributed by atoms with van der Waals surface area (Å²) < 4.78 is 15.8. The van der Waals surface area contributed by atoms with Crippen LogP contribution in [-0.2, 0) is 4.79 Å². The second kappa shape index (κ2) is 11.1. The number of ether oxygens (including phenoxy) is 3. The molecule has 3 N–H and O–H groups in total. The minimum Gasteiger partial charge on any atom is -0.497 e. The van der Waals surface area contributed by atoms with Crippen molar-refractivity contribution in [1.29, 1.82) is 0 Å². The van der Waals surface area contributed by atoms with Crippen LogP contribution in [0.2, 0.25) is 0 Å². The molecule has 8 nitrogen and oxygen atoms in total. The standard InChI is InChI=1S/C21H23N3O5/c1-15(25)23-16-7-6-8-18(13-16)29-12-5-4-11-22-21(26)24-19-10-9-17(27-2)14-20(19)28-3/h6-10,13-14H,11-12H2,1-3H3,(H,23,25)(H2,22,24,26). The van der Waals surface area contributed by atoms with Gasteiger partial charge < -0.3 is 30.2 Å². The van der Waals surface area contributed by atoms with Crippen molar-refractivity contribution < 1.29 is 23.8 Å². The first-order chi connectivity index (χ1) is 14.0. The summed E-state index contributed by atoms with van der Waals surface area (Å²) in [4.78, 5) is 23.0. The molecule has 2 rings (SSSR count). The lowest BCUT2D eigenvalue weighted by Crippen LogP contribution is -2.29. The van der Waals surface area contributed by atoms with E-state index in [-0.39, 0.29) is 19.1 Å². The van der Waals surface area contributed by atoms with Gasteiger partial charge in [0.15, 0.2) is 0 Å². The fourth-order valence-corrected chi connectivity index (χ4v) is 2.29. The minimum atomic E-state index is -0.410. The highest BCUT2D eigenvalue weighted by molar-refractivity contribution is 5.91. The molecule has 0 saturated heterocycles. The van der Waals surface area contributed by atoms with Crippen LogP contribution in [0, 0.1) is 11.8 Å². The van der Waals surface area contributed by atoms with E-state index < -0.39 is 6.03 Å². The quantitative estimate of drug-likeness (QED) is 0.624. The van der Waals surface area contributed by atoms with Crippen LogP contribution in [-0.4, -0.2) is 39.3 Å². The average Bonchev–Trinajstić information content (AvgIpc) is 2.70. The molecular weight excluding hydrogens is 374 g/mol. The molecule has 2 aromatic carbocycles. The summed E-state index contributed by atoms with van der Waals surface area (Å²) >= 11 is 0. The molecule has 2 aromatic rings. The molecule has 0 unspecified atom stereocenters.